The number of nitrogens with one attached hydrogen (secondary N) is 1. The van der Waals surface area contributed by atoms with Crippen LogP contribution in [0.5, 0.6) is 0 Å². The van der Waals surface area contributed by atoms with Gasteiger partial charge in [-0.05, 0) is 30.2 Å². The number of rotatable bonds is 4. The molecule has 0 fully saturated rings. The molecule has 1 heterocycles. The Bertz CT molecular complexity index is 624. The predicted octanol–water partition coefficient (Wildman–Crippen LogP) is 2.90. The van der Waals surface area contributed by atoms with Crippen LogP contribution in [-0.4, -0.2) is 16.5 Å². The molecule has 1 N–H and O–H groups in total. The second-order valence-corrected chi connectivity index (χ2v) is 4.69. The first kappa shape index (κ1) is 13.4. The van der Waals surface area contributed by atoms with E-state index < -0.39 is 0 Å². The highest BCUT2D eigenvalue weighted by Gasteiger charge is 2.05. The molecule has 2 rings (SSSR count). The fourth-order valence-electron chi connectivity index (χ4n) is 1.60. The van der Waals surface area contributed by atoms with Gasteiger partial charge in [-0.15, -0.1) is 0 Å². The summed E-state index contributed by atoms with van der Waals surface area (Å²) < 4.78 is 14.3. The Morgan fingerprint density at radius 3 is 2.89 bits per heavy atom. The Balaban J connectivity index is 2.01. The molecule has 0 amide bonds. The number of hydrogen-bond donors (Lipinski definition) is 1. The van der Waals surface area contributed by atoms with Gasteiger partial charge in [-0.3, -0.25) is 0 Å². The van der Waals surface area contributed by atoms with E-state index >= 15 is 0 Å². The van der Waals surface area contributed by atoms with Crippen LogP contribution < -0.4 is 5.32 Å². The van der Waals surface area contributed by atoms with Crippen LogP contribution in [0.15, 0.2) is 35.1 Å². The topological polar surface area (TPSA) is 61.6 Å². The van der Waals surface area contributed by atoms with E-state index in [0.717, 1.165) is 4.47 Å². The van der Waals surface area contributed by atoms with Gasteiger partial charge in [0.05, 0.1) is 0 Å². The van der Waals surface area contributed by atoms with Crippen LogP contribution in [0, 0.1) is 17.1 Å². The molecule has 0 saturated heterocycles. The quantitative estimate of drug-likeness (QED) is 0.940. The number of aromatic nitrogens is 2. The van der Waals surface area contributed by atoms with E-state index in [1.807, 2.05) is 6.07 Å². The van der Waals surface area contributed by atoms with E-state index in [-0.39, 0.29) is 11.5 Å². The molecule has 6 heteroatoms. The Labute approximate surface area is 118 Å². The lowest BCUT2D eigenvalue weighted by Crippen LogP contribution is -2.09. The van der Waals surface area contributed by atoms with Crippen molar-refractivity contribution in [3.8, 4) is 6.07 Å². The van der Waals surface area contributed by atoms with Gasteiger partial charge in [-0.25, -0.2) is 14.4 Å². The van der Waals surface area contributed by atoms with E-state index in [9.17, 15) is 4.39 Å². The van der Waals surface area contributed by atoms with Crippen molar-refractivity contribution in [1.82, 2.24) is 9.97 Å². The minimum Gasteiger partial charge on any atom is -0.367 e. The molecule has 0 radical (unpaired) electrons. The zero-order chi connectivity index (χ0) is 13.7. The van der Waals surface area contributed by atoms with Crippen molar-refractivity contribution in [2.75, 3.05) is 11.9 Å². The highest BCUT2D eigenvalue weighted by molar-refractivity contribution is 9.10. The summed E-state index contributed by atoms with van der Waals surface area (Å²) in [6.07, 6.45) is 3.45. The van der Waals surface area contributed by atoms with Crippen molar-refractivity contribution in [3.63, 3.8) is 0 Å². The van der Waals surface area contributed by atoms with Crippen LogP contribution in [0.1, 0.15) is 11.3 Å². The van der Waals surface area contributed by atoms with Gasteiger partial charge < -0.3 is 5.32 Å². The number of nitrogens with zero attached hydrogens (tertiary/aromatic N) is 3. The average molecular weight is 321 g/mol. The molecule has 0 atom stereocenters. The predicted molar refractivity (Wildman–Crippen MR) is 73.0 cm³/mol. The lowest BCUT2D eigenvalue weighted by molar-refractivity contribution is 0.610. The van der Waals surface area contributed by atoms with Crippen molar-refractivity contribution >= 4 is 21.7 Å². The SMILES string of the molecule is N#Cc1nccnc1NCCc1cc(Br)ccc1F. The van der Waals surface area contributed by atoms with E-state index in [1.54, 1.807) is 12.1 Å². The van der Waals surface area contributed by atoms with Crippen molar-refractivity contribution in [1.29, 1.82) is 5.26 Å². The minimum atomic E-state index is -0.246. The number of nitriles is 1. The van der Waals surface area contributed by atoms with Gasteiger partial charge >= 0.3 is 0 Å². The summed E-state index contributed by atoms with van der Waals surface area (Å²) in [5.41, 5.74) is 0.835. The average Bonchev–Trinajstić information content (AvgIpc) is 2.43. The zero-order valence-electron chi connectivity index (χ0n) is 9.90. The number of halogens is 2. The van der Waals surface area contributed by atoms with Gasteiger partial charge in [-0.2, -0.15) is 5.26 Å². The molecule has 0 unspecified atom stereocenters. The van der Waals surface area contributed by atoms with E-state index in [4.69, 9.17) is 5.26 Å². The van der Waals surface area contributed by atoms with Gasteiger partial charge in [0.2, 0.25) is 0 Å². The van der Waals surface area contributed by atoms with Gasteiger partial charge in [0.1, 0.15) is 11.9 Å². The molecule has 0 aliphatic rings. The fraction of sp³-hybridized carbons (Fsp3) is 0.154. The number of benzene rings is 1. The second-order valence-electron chi connectivity index (χ2n) is 3.78. The van der Waals surface area contributed by atoms with Crippen molar-refractivity contribution in [2.24, 2.45) is 0 Å². The zero-order valence-corrected chi connectivity index (χ0v) is 11.5. The maximum absolute atomic E-state index is 13.5. The summed E-state index contributed by atoms with van der Waals surface area (Å²) in [6.45, 7) is 0.473. The Kier molecular flexibility index (Phi) is 4.42. The van der Waals surface area contributed by atoms with Crippen molar-refractivity contribution in [2.45, 2.75) is 6.42 Å². The Morgan fingerprint density at radius 1 is 1.32 bits per heavy atom. The largest absolute Gasteiger partial charge is 0.367 e. The monoisotopic (exact) mass is 320 g/mol. The molecule has 0 saturated carbocycles. The lowest BCUT2D eigenvalue weighted by Gasteiger charge is -2.07. The highest BCUT2D eigenvalue weighted by Crippen LogP contribution is 2.16. The van der Waals surface area contributed by atoms with E-state index in [2.05, 4.69) is 31.2 Å². The smallest absolute Gasteiger partial charge is 0.182 e. The normalized spacial score (nSPS) is 9.95. The molecular weight excluding hydrogens is 311 g/mol. The molecule has 0 aliphatic carbocycles. The van der Waals surface area contributed by atoms with Crippen LogP contribution in [0.2, 0.25) is 0 Å². The fourth-order valence-corrected chi connectivity index (χ4v) is 2.01. The maximum atomic E-state index is 13.5. The third-order valence-electron chi connectivity index (χ3n) is 2.50. The third kappa shape index (κ3) is 3.48. The van der Waals surface area contributed by atoms with Crippen LogP contribution in [0.4, 0.5) is 10.2 Å². The molecule has 1 aromatic carbocycles. The molecule has 0 bridgehead atoms. The summed E-state index contributed by atoms with van der Waals surface area (Å²) in [5.74, 6) is 0.171. The molecule has 96 valence electrons. The molecule has 0 spiro atoms. The molecule has 4 nitrogen and oxygen atoms in total. The third-order valence-corrected chi connectivity index (χ3v) is 2.99. The minimum absolute atomic E-state index is 0.234. The molecule has 2 aromatic rings. The van der Waals surface area contributed by atoms with Crippen LogP contribution in [0.3, 0.4) is 0 Å². The molecule has 19 heavy (non-hydrogen) atoms. The van der Waals surface area contributed by atoms with Crippen molar-refractivity contribution < 1.29 is 4.39 Å². The summed E-state index contributed by atoms with van der Waals surface area (Å²) >= 11 is 3.30. The van der Waals surface area contributed by atoms with Crippen molar-refractivity contribution in [3.05, 3.63) is 52.1 Å². The highest BCUT2D eigenvalue weighted by atomic mass is 79.9. The first-order valence-corrected chi connectivity index (χ1v) is 6.39. The number of hydrogen-bond acceptors (Lipinski definition) is 4. The summed E-state index contributed by atoms with van der Waals surface area (Å²) in [4.78, 5) is 7.91. The Morgan fingerprint density at radius 2 is 2.11 bits per heavy atom. The maximum Gasteiger partial charge on any atom is 0.182 e. The summed E-state index contributed by atoms with van der Waals surface area (Å²) in [5, 5.41) is 11.8. The van der Waals surface area contributed by atoms with Crippen LogP contribution in [0.25, 0.3) is 0 Å². The molecule has 0 aliphatic heterocycles. The van der Waals surface area contributed by atoms with E-state index in [0.29, 0.717) is 24.3 Å². The number of anilines is 1. The summed E-state index contributed by atoms with van der Waals surface area (Å²) in [7, 11) is 0. The van der Waals surface area contributed by atoms with Gasteiger partial charge in [0.25, 0.3) is 0 Å². The first-order valence-electron chi connectivity index (χ1n) is 5.59. The van der Waals surface area contributed by atoms with Gasteiger partial charge in [0.15, 0.2) is 11.5 Å². The second kappa shape index (κ2) is 6.25. The van der Waals surface area contributed by atoms with E-state index in [1.165, 1.54) is 18.5 Å². The lowest BCUT2D eigenvalue weighted by atomic mass is 10.1. The first-order chi connectivity index (χ1) is 9.20. The van der Waals surface area contributed by atoms with Crippen LogP contribution in [-0.2, 0) is 6.42 Å². The Hall–Kier alpha value is -2.00. The standard InChI is InChI=1S/C13H10BrFN4/c14-10-1-2-11(15)9(7-10)3-4-18-13-12(8-16)17-5-6-19-13/h1-2,5-7H,3-4H2,(H,18,19). The summed E-state index contributed by atoms with van der Waals surface area (Å²) in [6, 6.07) is 6.76. The molecule has 1 aromatic heterocycles. The van der Waals surface area contributed by atoms with Crippen LogP contribution >= 0.6 is 15.9 Å². The van der Waals surface area contributed by atoms with Gasteiger partial charge in [0, 0.05) is 23.4 Å². The van der Waals surface area contributed by atoms with Gasteiger partial charge in [-0.1, -0.05) is 15.9 Å². The molecular formula is C13H10BrFN4.